The zero-order valence-corrected chi connectivity index (χ0v) is 59.7. The molecule has 0 saturated carbocycles. The molecule has 7 rings (SSSR count). The quantitative estimate of drug-likeness (QED) is 0.0403. The Labute approximate surface area is 639 Å². The lowest BCUT2D eigenvalue weighted by molar-refractivity contribution is -0.154. The van der Waals surface area contributed by atoms with E-state index in [-0.39, 0.29) is 54.9 Å². The number of esters is 1. The van der Waals surface area contributed by atoms with Crippen LogP contribution in [0.1, 0.15) is 80.2 Å². The molecule has 2 aliphatic rings. The number of aromatic nitrogens is 5. The Balaban J connectivity index is 0.981. The summed E-state index contributed by atoms with van der Waals surface area (Å²) >= 11 is 0. The van der Waals surface area contributed by atoms with E-state index in [2.05, 4.69) is 264 Å². The van der Waals surface area contributed by atoms with Crippen LogP contribution in [-0.4, -0.2) is 73.2 Å². The smallest absolute Gasteiger partial charge is 0.459 e. The summed E-state index contributed by atoms with van der Waals surface area (Å²) in [7, 11) is -4.66. The molecule has 1 amide bonds. The summed E-state index contributed by atoms with van der Waals surface area (Å²) in [4.78, 5) is 81.7. The normalized spacial score (nSPS) is 14.5. The van der Waals surface area contributed by atoms with Gasteiger partial charge < -0.3 is 33.6 Å². The second-order valence-electron chi connectivity index (χ2n) is 21.6. The van der Waals surface area contributed by atoms with Crippen molar-refractivity contribution in [3.63, 3.8) is 0 Å². The van der Waals surface area contributed by atoms with Gasteiger partial charge in [0.15, 0.2) is 0 Å². The standard InChI is InChI=1S/C88H50N7O15P/c1-6-9-11-13-15-17-19-21-23-25-27-29-31-33-35-37-39-41-43-45-55-103-74-59-72(60-75(61-74)104-56-46-44-42-40-38-36-34-32-30-28-26-24-22-20-18-16-14-12-10-7-2)67-93-54-52-73-58-71(48-49-76(73)93)64-90-81(96)50-51-84(97)109-78-62-82(94-65-69(4)85(98)91-87(94)100)108-80(78)68-106-111(102,105-57-47-53-89)110-79-63-83(107-77(79)8-3)95-66-70(5)86(99)92-88(95)101/h1-2,48-49,52,54,58-61,65-66,77-80,82-83H,8,47,50-51,57,62-64,67-68H2,3-5H3,(H,90,96)(H,91,98,100)(H,92,99,101)/t77-,78?,79?,80-,82-,83-,111?/m1/s1. The topological polar surface area (TPSA) is 276 Å². The van der Waals surface area contributed by atoms with Crippen LogP contribution < -0.4 is 37.3 Å². The molecule has 0 bridgehead atoms. The number of H-pyrrole nitrogens is 2. The van der Waals surface area contributed by atoms with E-state index in [1.54, 1.807) is 25.1 Å². The van der Waals surface area contributed by atoms with Gasteiger partial charge in [-0.1, -0.05) is 13.0 Å². The van der Waals surface area contributed by atoms with E-state index >= 15 is 0 Å². The van der Waals surface area contributed by atoms with Gasteiger partial charge >= 0.3 is 25.2 Å². The number of nitriles is 1. The van der Waals surface area contributed by atoms with Crippen LogP contribution in [0.15, 0.2) is 80.2 Å². The average molecular weight is 1480 g/mol. The number of aryl methyl sites for hydroxylation is 2. The predicted molar refractivity (Wildman–Crippen MR) is 407 cm³/mol. The summed E-state index contributed by atoms with van der Waals surface area (Å²) < 4.78 is 65.8. The molecule has 3 aromatic heterocycles. The molecule has 2 saturated heterocycles. The summed E-state index contributed by atoms with van der Waals surface area (Å²) in [5, 5.41) is 13.0. The lowest BCUT2D eigenvalue weighted by atomic mass is 10.1. The Morgan fingerprint density at radius 3 is 1.45 bits per heavy atom. The third kappa shape index (κ3) is 29.1. The number of hydrogen-bond donors (Lipinski definition) is 3. The zero-order chi connectivity index (χ0) is 79.1. The molecule has 5 heterocycles. The fourth-order valence-corrected chi connectivity index (χ4v) is 10.7. The van der Waals surface area contributed by atoms with Crippen LogP contribution in [0.3, 0.4) is 0 Å². The first-order chi connectivity index (χ1) is 54.1. The van der Waals surface area contributed by atoms with E-state index in [0.717, 1.165) is 21.0 Å². The van der Waals surface area contributed by atoms with Crippen LogP contribution in [0.5, 0.6) is 11.5 Å². The van der Waals surface area contributed by atoms with Gasteiger partial charge in [0.1, 0.15) is 48.4 Å². The Bertz CT molecular complexity index is 6200. The fraction of sp³-hybridized carbons (Fsp3) is 0.216. The first-order valence-corrected chi connectivity index (χ1v) is 33.9. The van der Waals surface area contributed by atoms with Gasteiger partial charge in [-0.2, -0.15) is 5.26 Å². The molecule has 5 aromatic rings. The van der Waals surface area contributed by atoms with Crippen LogP contribution in [-0.2, 0) is 55.0 Å². The van der Waals surface area contributed by atoms with Crippen LogP contribution in [0.4, 0.5) is 0 Å². The molecule has 111 heavy (non-hydrogen) atoms. The molecule has 2 fully saturated rings. The number of nitrogens with one attached hydrogen (secondary N) is 3. The highest BCUT2D eigenvalue weighted by molar-refractivity contribution is 7.48. The van der Waals surface area contributed by atoms with Crippen molar-refractivity contribution in [2.24, 2.45) is 0 Å². The molecule has 2 aromatic carbocycles. The van der Waals surface area contributed by atoms with E-state index in [0.29, 0.717) is 18.5 Å². The maximum atomic E-state index is 14.5. The van der Waals surface area contributed by atoms with Gasteiger partial charge in [-0.05, 0) is 162 Å². The number of hydrogen-bond acceptors (Lipinski definition) is 16. The van der Waals surface area contributed by atoms with Gasteiger partial charge in [0, 0.05) is 216 Å². The molecule has 0 aliphatic carbocycles. The molecule has 532 valence electrons. The lowest BCUT2D eigenvalue weighted by Gasteiger charge is -2.25. The molecule has 3 unspecified atom stereocenters. The maximum absolute atomic E-state index is 14.5. The molecule has 22 nitrogen and oxygen atoms in total. The van der Waals surface area contributed by atoms with E-state index in [1.807, 2.05) is 41.1 Å². The average Bonchev–Trinajstić information content (AvgIpc) is 1.67. The van der Waals surface area contributed by atoms with E-state index in [9.17, 15) is 38.6 Å². The number of ether oxygens (including phenoxy) is 5. The molecular weight excluding hydrogens is 1430 g/mol. The molecule has 7 atom stereocenters. The molecule has 0 spiro atoms. The highest BCUT2D eigenvalue weighted by atomic mass is 31.2. The van der Waals surface area contributed by atoms with Crippen LogP contribution >= 0.6 is 7.82 Å². The minimum Gasteiger partial charge on any atom is -0.459 e. The number of aromatic amines is 2. The first kappa shape index (κ1) is 82.0. The van der Waals surface area contributed by atoms with Gasteiger partial charge in [0.05, 0.1) is 44.3 Å². The number of fused-ring (bicyclic) bond motifs is 1. The minimum atomic E-state index is -4.66. The number of phosphoric ester groups is 1. The van der Waals surface area contributed by atoms with Gasteiger partial charge in [-0.25, -0.2) is 14.2 Å². The van der Waals surface area contributed by atoms with Crippen molar-refractivity contribution < 1.29 is 51.4 Å². The van der Waals surface area contributed by atoms with Crippen LogP contribution in [0.2, 0.25) is 0 Å². The molecule has 2 aliphatic heterocycles. The van der Waals surface area contributed by atoms with Gasteiger partial charge in [-0.15, -0.1) is 12.8 Å². The summed E-state index contributed by atoms with van der Waals surface area (Å²) in [6.45, 7) is 4.12. The number of phosphoric acid groups is 1. The molecular formula is C88H50N7O15P. The maximum Gasteiger partial charge on any atom is 0.475 e. The van der Waals surface area contributed by atoms with Crippen LogP contribution in [0, 0.1) is 287 Å². The van der Waals surface area contributed by atoms with Crippen molar-refractivity contribution in [2.75, 3.05) is 13.2 Å². The number of benzene rings is 2. The Morgan fingerprint density at radius 1 is 0.559 bits per heavy atom. The Kier molecular flexibility index (Phi) is 33.8. The Morgan fingerprint density at radius 2 is 1.00 bits per heavy atom. The minimum absolute atomic E-state index is 0.0412. The van der Waals surface area contributed by atoms with E-state index in [4.69, 9.17) is 50.1 Å². The molecule has 3 N–H and O–H groups in total. The monoisotopic (exact) mass is 1480 g/mol. The number of carbonyl (C=O) groups is 2. The summed E-state index contributed by atoms with van der Waals surface area (Å²) in [5.74, 6) is 98.4. The zero-order valence-electron chi connectivity index (χ0n) is 58.8. The number of nitrogens with zero attached hydrogens (tertiary/aromatic N) is 4. The lowest BCUT2D eigenvalue weighted by Crippen LogP contribution is -2.33. The van der Waals surface area contributed by atoms with Crippen molar-refractivity contribution in [3.8, 4) is 279 Å². The van der Waals surface area contributed by atoms with Gasteiger partial charge in [-0.3, -0.25) is 51.9 Å². The third-order valence-electron chi connectivity index (χ3n) is 14.1. The number of rotatable bonds is 21. The second kappa shape index (κ2) is 45.7. The summed E-state index contributed by atoms with van der Waals surface area (Å²) in [5.41, 5.74) is -0.112. The number of terminal acetylenes is 2. The van der Waals surface area contributed by atoms with E-state index in [1.165, 1.54) is 30.8 Å². The van der Waals surface area contributed by atoms with Crippen molar-refractivity contribution in [3.05, 3.63) is 125 Å². The fourth-order valence-electron chi connectivity index (χ4n) is 9.34. The number of carbonyl (C=O) groups excluding carboxylic acids is 2. The predicted octanol–water partition coefficient (Wildman–Crippen LogP) is 4.15. The molecule has 23 heteroatoms. The Hall–Kier alpha value is -16.3. The highest BCUT2D eigenvalue weighted by Crippen LogP contribution is 2.54. The molecule has 0 radical (unpaired) electrons. The second-order valence-corrected chi connectivity index (χ2v) is 23.2. The van der Waals surface area contributed by atoms with Gasteiger partial charge in [0.2, 0.25) is 5.91 Å². The van der Waals surface area contributed by atoms with Crippen molar-refractivity contribution in [1.29, 1.82) is 5.26 Å². The highest BCUT2D eigenvalue weighted by Gasteiger charge is 2.45. The summed E-state index contributed by atoms with van der Waals surface area (Å²) in [6, 6.07) is 14.4. The van der Waals surface area contributed by atoms with Crippen molar-refractivity contribution >= 4 is 30.6 Å². The third-order valence-corrected chi connectivity index (χ3v) is 15.6. The van der Waals surface area contributed by atoms with Gasteiger partial charge in [0.25, 0.3) is 11.1 Å². The first-order valence-electron chi connectivity index (χ1n) is 32.4. The van der Waals surface area contributed by atoms with Crippen molar-refractivity contribution in [2.45, 2.75) is 109 Å². The van der Waals surface area contributed by atoms with Crippen molar-refractivity contribution in [1.82, 2.24) is 29.0 Å². The number of amides is 1. The summed E-state index contributed by atoms with van der Waals surface area (Å²) in [6.07, 6.45) is 12.4. The van der Waals surface area contributed by atoms with Crippen LogP contribution in [0.25, 0.3) is 10.9 Å². The van der Waals surface area contributed by atoms with E-state index < -0.39 is 98.7 Å². The largest absolute Gasteiger partial charge is 0.475 e. The SMILES string of the molecule is C#CC#CC#CC#CC#CC#CC#CC#CC#CC#CC#COc1cc(Cn2ccc3cc(CNC(=O)CCC(=O)OC4C[C@H](n5cc(C)c(=O)[nH]c5=O)O[C@@H]4COP(=O)(OCCC#N)OC4C[C@H](n5cc(C)c(=O)[nH]c5=O)O[C@@H]4CC)ccc32)cc(OC#CC#CC#CC#CC#CC#CC#CC#CC#CC#CC#C)c1.